The first-order valence-electron chi connectivity index (χ1n) is 4.22. The van der Waals surface area contributed by atoms with Gasteiger partial charge in [-0.15, -0.1) is 0 Å². The maximum Gasteiger partial charge on any atom is 0.124 e. The second kappa shape index (κ2) is 4.25. The van der Waals surface area contributed by atoms with Crippen LogP contribution in [0.1, 0.15) is 17.2 Å². The van der Waals surface area contributed by atoms with Crippen molar-refractivity contribution in [3.05, 3.63) is 29.3 Å². The molecule has 0 aliphatic carbocycles. The highest BCUT2D eigenvalue weighted by Gasteiger charge is 2.13. The number of aliphatic hydroxyl groups excluding tert-OH is 1. The van der Waals surface area contributed by atoms with Gasteiger partial charge in [0.2, 0.25) is 0 Å². The summed E-state index contributed by atoms with van der Waals surface area (Å²) in [5.74, 6) is 0.693. The van der Waals surface area contributed by atoms with Crippen LogP contribution in [0.4, 0.5) is 0 Å². The highest BCUT2D eigenvalue weighted by atomic mass is 16.5. The van der Waals surface area contributed by atoms with Gasteiger partial charge in [-0.1, -0.05) is 12.1 Å². The predicted molar refractivity (Wildman–Crippen MR) is 51.7 cm³/mol. The number of nitrogens with two attached hydrogens (primary N) is 1. The number of aryl methyl sites for hydroxylation is 1. The van der Waals surface area contributed by atoms with E-state index < -0.39 is 6.10 Å². The molecule has 1 atom stereocenters. The molecule has 0 aliphatic heterocycles. The van der Waals surface area contributed by atoms with Crippen LogP contribution in [0.25, 0.3) is 0 Å². The quantitative estimate of drug-likeness (QED) is 0.731. The number of methoxy groups -OCH3 is 1. The molecule has 0 fully saturated rings. The van der Waals surface area contributed by atoms with E-state index in [1.165, 1.54) is 0 Å². The van der Waals surface area contributed by atoms with Crippen LogP contribution in [0, 0.1) is 6.92 Å². The van der Waals surface area contributed by atoms with Crippen molar-refractivity contribution in [2.24, 2.45) is 5.73 Å². The third kappa shape index (κ3) is 1.99. The van der Waals surface area contributed by atoms with Gasteiger partial charge in [0.25, 0.3) is 0 Å². The summed E-state index contributed by atoms with van der Waals surface area (Å²) in [6.45, 7) is 2.14. The standard InChI is InChI=1S/C10H15NO2/c1-7-4-3-5-9(13-2)10(7)8(12)6-11/h3-5,8,12H,6,11H2,1-2H3/t8-/m0/s1. The van der Waals surface area contributed by atoms with Crippen LogP contribution in [-0.4, -0.2) is 18.8 Å². The van der Waals surface area contributed by atoms with Gasteiger partial charge < -0.3 is 15.6 Å². The molecule has 0 spiro atoms. The maximum absolute atomic E-state index is 9.62. The number of aliphatic hydroxyl groups is 1. The van der Waals surface area contributed by atoms with Crippen molar-refractivity contribution in [2.75, 3.05) is 13.7 Å². The van der Waals surface area contributed by atoms with E-state index >= 15 is 0 Å². The normalized spacial score (nSPS) is 12.6. The largest absolute Gasteiger partial charge is 0.496 e. The molecule has 0 heterocycles. The van der Waals surface area contributed by atoms with Gasteiger partial charge in [0.1, 0.15) is 5.75 Å². The lowest BCUT2D eigenvalue weighted by atomic mass is 10.0. The molecule has 0 saturated heterocycles. The van der Waals surface area contributed by atoms with E-state index in [4.69, 9.17) is 10.5 Å². The van der Waals surface area contributed by atoms with Gasteiger partial charge in [-0.3, -0.25) is 0 Å². The van der Waals surface area contributed by atoms with Crippen LogP contribution in [0.2, 0.25) is 0 Å². The number of benzene rings is 1. The Morgan fingerprint density at radius 2 is 2.23 bits per heavy atom. The Balaban J connectivity index is 3.14. The van der Waals surface area contributed by atoms with Crippen LogP contribution in [0.3, 0.4) is 0 Å². The summed E-state index contributed by atoms with van der Waals surface area (Å²) in [6.07, 6.45) is -0.642. The summed E-state index contributed by atoms with van der Waals surface area (Å²) in [4.78, 5) is 0. The molecule has 13 heavy (non-hydrogen) atoms. The first kappa shape index (κ1) is 10.0. The minimum absolute atomic E-state index is 0.210. The zero-order valence-corrected chi connectivity index (χ0v) is 7.95. The monoisotopic (exact) mass is 181 g/mol. The molecule has 3 heteroatoms. The lowest BCUT2D eigenvalue weighted by Gasteiger charge is -2.15. The Kier molecular flexibility index (Phi) is 3.28. The zero-order valence-electron chi connectivity index (χ0n) is 7.95. The number of ether oxygens (including phenoxy) is 1. The van der Waals surface area contributed by atoms with Crippen molar-refractivity contribution in [2.45, 2.75) is 13.0 Å². The first-order valence-corrected chi connectivity index (χ1v) is 4.22. The molecule has 0 amide bonds. The van der Waals surface area contributed by atoms with Crippen LogP contribution in [0.15, 0.2) is 18.2 Å². The van der Waals surface area contributed by atoms with Gasteiger partial charge in [-0.05, 0) is 18.6 Å². The Bertz CT molecular complexity index is 286. The molecule has 0 aliphatic rings. The van der Waals surface area contributed by atoms with E-state index in [0.717, 1.165) is 11.1 Å². The summed E-state index contributed by atoms with van der Waals surface area (Å²) in [5.41, 5.74) is 7.17. The van der Waals surface area contributed by atoms with Crippen molar-refractivity contribution in [3.63, 3.8) is 0 Å². The average Bonchev–Trinajstić information content (AvgIpc) is 2.16. The van der Waals surface area contributed by atoms with Crippen LogP contribution in [0.5, 0.6) is 5.75 Å². The summed E-state index contributed by atoms with van der Waals surface area (Å²) >= 11 is 0. The Morgan fingerprint density at radius 3 is 2.77 bits per heavy atom. The molecular weight excluding hydrogens is 166 g/mol. The van der Waals surface area contributed by atoms with Crippen molar-refractivity contribution in [1.82, 2.24) is 0 Å². The summed E-state index contributed by atoms with van der Waals surface area (Å²) in [6, 6.07) is 5.64. The van der Waals surface area contributed by atoms with E-state index in [1.54, 1.807) is 7.11 Å². The molecule has 1 aromatic rings. The second-order valence-corrected chi connectivity index (χ2v) is 2.94. The predicted octanol–water partition coefficient (Wildman–Crippen LogP) is 0.996. The molecule has 3 N–H and O–H groups in total. The SMILES string of the molecule is COc1cccc(C)c1[C@@H](O)CN. The molecule has 0 unspecified atom stereocenters. The lowest BCUT2D eigenvalue weighted by molar-refractivity contribution is 0.181. The third-order valence-electron chi connectivity index (χ3n) is 2.06. The fourth-order valence-corrected chi connectivity index (χ4v) is 1.38. The Hall–Kier alpha value is -1.06. The lowest BCUT2D eigenvalue weighted by Crippen LogP contribution is -2.13. The molecule has 72 valence electrons. The topological polar surface area (TPSA) is 55.5 Å². The van der Waals surface area contributed by atoms with E-state index in [-0.39, 0.29) is 6.54 Å². The second-order valence-electron chi connectivity index (χ2n) is 2.94. The number of rotatable bonds is 3. The molecule has 0 radical (unpaired) electrons. The maximum atomic E-state index is 9.62. The van der Waals surface area contributed by atoms with Crippen molar-refractivity contribution >= 4 is 0 Å². The molecule has 0 bridgehead atoms. The highest BCUT2D eigenvalue weighted by Crippen LogP contribution is 2.27. The Labute approximate surface area is 78.1 Å². The summed E-state index contributed by atoms with van der Waals surface area (Å²) in [7, 11) is 1.58. The first-order chi connectivity index (χ1) is 6.20. The van der Waals surface area contributed by atoms with Gasteiger partial charge in [0.05, 0.1) is 13.2 Å². The highest BCUT2D eigenvalue weighted by molar-refractivity contribution is 5.41. The van der Waals surface area contributed by atoms with E-state index in [1.807, 2.05) is 25.1 Å². The molecule has 0 aromatic heterocycles. The fraction of sp³-hybridized carbons (Fsp3) is 0.400. The number of hydrogen-bond donors (Lipinski definition) is 2. The van der Waals surface area contributed by atoms with E-state index in [2.05, 4.69) is 0 Å². The van der Waals surface area contributed by atoms with E-state index in [9.17, 15) is 5.11 Å². The smallest absolute Gasteiger partial charge is 0.124 e. The van der Waals surface area contributed by atoms with Crippen molar-refractivity contribution < 1.29 is 9.84 Å². The minimum atomic E-state index is -0.642. The summed E-state index contributed by atoms with van der Waals surface area (Å²) in [5, 5.41) is 9.62. The van der Waals surface area contributed by atoms with Crippen LogP contribution >= 0.6 is 0 Å². The zero-order chi connectivity index (χ0) is 9.84. The van der Waals surface area contributed by atoms with E-state index in [0.29, 0.717) is 5.75 Å². The van der Waals surface area contributed by atoms with Crippen molar-refractivity contribution in [3.8, 4) is 5.75 Å². The van der Waals surface area contributed by atoms with Gasteiger partial charge >= 0.3 is 0 Å². The fourth-order valence-electron chi connectivity index (χ4n) is 1.38. The Morgan fingerprint density at radius 1 is 1.54 bits per heavy atom. The van der Waals surface area contributed by atoms with Crippen LogP contribution < -0.4 is 10.5 Å². The molecule has 0 saturated carbocycles. The molecule has 3 nitrogen and oxygen atoms in total. The summed E-state index contributed by atoms with van der Waals surface area (Å²) < 4.78 is 5.13. The van der Waals surface area contributed by atoms with Gasteiger partial charge in [-0.2, -0.15) is 0 Å². The molecule has 1 rings (SSSR count). The molecular formula is C10H15NO2. The van der Waals surface area contributed by atoms with Crippen LogP contribution in [-0.2, 0) is 0 Å². The number of hydrogen-bond acceptors (Lipinski definition) is 3. The van der Waals surface area contributed by atoms with Crippen molar-refractivity contribution in [1.29, 1.82) is 0 Å². The average molecular weight is 181 g/mol. The minimum Gasteiger partial charge on any atom is -0.496 e. The third-order valence-corrected chi connectivity index (χ3v) is 2.06. The molecule has 1 aromatic carbocycles. The van der Waals surface area contributed by atoms with Gasteiger partial charge in [-0.25, -0.2) is 0 Å². The van der Waals surface area contributed by atoms with Gasteiger partial charge in [0, 0.05) is 12.1 Å². The van der Waals surface area contributed by atoms with Gasteiger partial charge in [0.15, 0.2) is 0 Å².